The van der Waals surface area contributed by atoms with Crippen molar-refractivity contribution in [1.29, 1.82) is 0 Å². The Morgan fingerprint density at radius 2 is 0.549 bits per heavy atom. The first-order chi connectivity index (χ1) is 35.0. The molecule has 412 valence electrons. The highest BCUT2D eigenvalue weighted by Crippen LogP contribution is 2.17. The number of carbonyl (C=O) groups is 3. The van der Waals surface area contributed by atoms with Crippen LogP contribution in [0.15, 0.2) is 60.8 Å². The molecule has 0 aromatic heterocycles. The van der Waals surface area contributed by atoms with E-state index in [-0.39, 0.29) is 37.5 Å². The van der Waals surface area contributed by atoms with E-state index < -0.39 is 6.10 Å². The summed E-state index contributed by atoms with van der Waals surface area (Å²) in [6, 6.07) is 0. The molecule has 0 aliphatic heterocycles. The molecular weight excluding hydrogens is 877 g/mol. The number of carbonyl (C=O) groups excluding carboxylic acids is 3. The van der Waals surface area contributed by atoms with Gasteiger partial charge in [-0.25, -0.2) is 0 Å². The van der Waals surface area contributed by atoms with Gasteiger partial charge in [-0.15, -0.1) is 0 Å². The second kappa shape index (κ2) is 59.7. The second-order valence-electron chi connectivity index (χ2n) is 20.6. The quantitative estimate of drug-likeness (QED) is 0.0261. The number of esters is 3. The fraction of sp³-hybridized carbons (Fsp3) is 0.800. The molecule has 0 rings (SSSR count). The zero-order chi connectivity index (χ0) is 51.4. The number of hydrogen-bond acceptors (Lipinski definition) is 6. The zero-order valence-electron chi connectivity index (χ0n) is 47.2. The molecule has 0 aliphatic carbocycles. The van der Waals surface area contributed by atoms with Crippen LogP contribution in [0.2, 0.25) is 0 Å². The maximum Gasteiger partial charge on any atom is 0.306 e. The van der Waals surface area contributed by atoms with Gasteiger partial charge < -0.3 is 14.2 Å². The summed E-state index contributed by atoms with van der Waals surface area (Å²) >= 11 is 0. The van der Waals surface area contributed by atoms with Crippen molar-refractivity contribution in [2.75, 3.05) is 13.2 Å². The van der Waals surface area contributed by atoms with Crippen molar-refractivity contribution in [3.8, 4) is 0 Å². The molecular formula is C65H116O6. The van der Waals surface area contributed by atoms with Crippen molar-refractivity contribution in [2.45, 2.75) is 322 Å². The molecule has 1 atom stereocenters. The summed E-state index contributed by atoms with van der Waals surface area (Å²) in [7, 11) is 0. The third kappa shape index (κ3) is 57.9. The fourth-order valence-corrected chi connectivity index (χ4v) is 8.90. The SMILES string of the molecule is CC/C=C\C/C=C\C/C=C\C/C=C\CCCCC(=O)OC(COC(=O)CCCCCCC/C=C\CCCCCCCC)COC(=O)CCCCCCCCCCCCCCCCCCCCCCCCC. The maximum atomic E-state index is 12.8. The minimum atomic E-state index is -0.798. The van der Waals surface area contributed by atoms with Crippen LogP contribution in [0.5, 0.6) is 0 Å². The van der Waals surface area contributed by atoms with Crippen LogP contribution in [0.3, 0.4) is 0 Å². The van der Waals surface area contributed by atoms with E-state index in [2.05, 4.69) is 81.5 Å². The van der Waals surface area contributed by atoms with Crippen LogP contribution in [0.4, 0.5) is 0 Å². The van der Waals surface area contributed by atoms with Gasteiger partial charge in [-0.1, -0.05) is 274 Å². The molecule has 0 aromatic rings. The van der Waals surface area contributed by atoms with Crippen LogP contribution >= 0.6 is 0 Å². The van der Waals surface area contributed by atoms with Gasteiger partial charge in [0, 0.05) is 19.3 Å². The Morgan fingerprint density at radius 3 is 0.901 bits per heavy atom. The van der Waals surface area contributed by atoms with Gasteiger partial charge in [-0.05, 0) is 83.5 Å². The molecule has 6 nitrogen and oxygen atoms in total. The van der Waals surface area contributed by atoms with E-state index in [0.29, 0.717) is 19.3 Å². The Labute approximate surface area is 440 Å². The molecule has 1 unspecified atom stereocenters. The molecule has 0 aliphatic rings. The summed E-state index contributed by atoms with van der Waals surface area (Å²) in [6.07, 6.45) is 75.2. The van der Waals surface area contributed by atoms with Gasteiger partial charge in [-0.2, -0.15) is 0 Å². The molecule has 0 amide bonds. The van der Waals surface area contributed by atoms with Crippen molar-refractivity contribution in [2.24, 2.45) is 0 Å². The average Bonchev–Trinajstić information content (AvgIpc) is 3.37. The Morgan fingerprint density at radius 1 is 0.296 bits per heavy atom. The molecule has 6 heteroatoms. The van der Waals surface area contributed by atoms with Gasteiger partial charge in [0.1, 0.15) is 13.2 Å². The maximum absolute atomic E-state index is 12.8. The van der Waals surface area contributed by atoms with Gasteiger partial charge in [0.2, 0.25) is 0 Å². The number of ether oxygens (including phenoxy) is 3. The van der Waals surface area contributed by atoms with Crippen LogP contribution in [-0.4, -0.2) is 37.2 Å². The lowest BCUT2D eigenvalue weighted by Gasteiger charge is -2.18. The van der Waals surface area contributed by atoms with E-state index >= 15 is 0 Å². The highest BCUT2D eigenvalue weighted by atomic mass is 16.6. The summed E-state index contributed by atoms with van der Waals surface area (Å²) in [6.45, 7) is 6.52. The molecule has 0 bridgehead atoms. The second-order valence-corrected chi connectivity index (χ2v) is 20.6. The van der Waals surface area contributed by atoms with Gasteiger partial charge in [-0.3, -0.25) is 14.4 Å². The van der Waals surface area contributed by atoms with Gasteiger partial charge in [0.15, 0.2) is 6.10 Å². The summed E-state index contributed by atoms with van der Waals surface area (Å²) in [4.78, 5) is 38.2. The van der Waals surface area contributed by atoms with Gasteiger partial charge >= 0.3 is 17.9 Å². The lowest BCUT2D eigenvalue weighted by molar-refractivity contribution is -0.167. The Hall–Kier alpha value is -2.89. The predicted molar refractivity (Wildman–Crippen MR) is 307 cm³/mol. The van der Waals surface area contributed by atoms with E-state index in [0.717, 1.165) is 83.5 Å². The minimum Gasteiger partial charge on any atom is -0.462 e. The van der Waals surface area contributed by atoms with E-state index in [9.17, 15) is 14.4 Å². The number of allylic oxidation sites excluding steroid dienone is 10. The first kappa shape index (κ1) is 68.1. The smallest absolute Gasteiger partial charge is 0.306 e. The first-order valence-corrected chi connectivity index (χ1v) is 30.8. The van der Waals surface area contributed by atoms with Crippen LogP contribution in [0.1, 0.15) is 316 Å². The monoisotopic (exact) mass is 993 g/mol. The van der Waals surface area contributed by atoms with Gasteiger partial charge in [0.25, 0.3) is 0 Å². The van der Waals surface area contributed by atoms with E-state index in [1.165, 1.54) is 186 Å². The summed E-state index contributed by atoms with van der Waals surface area (Å²) in [5, 5.41) is 0. The van der Waals surface area contributed by atoms with E-state index in [1.54, 1.807) is 0 Å². The Kier molecular flexibility index (Phi) is 57.2. The Bertz CT molecular complexity index is 1280. The standard InChI is InChI=1S/C65H116O6/c1-4-7-10-13-16-19-22-25-28-29-30-31-32-33-34-35-38-40-43-46-49-52-55-58-64(67)70-61-62(71-65(68)59-56-53-50-47-44-41-37-27-24-21-18-15-12-9-6-3)60-69-63(66)57-54-51-48-45-42-39-36-26-23-20-17-14-11-8-5-2/h9,12,18,21,26-27,36-37,44,47,62H,4-8,10-11,13-17,19-20,22-25,28-35,38-43,45-46,48-61H2,1-3H3/b12-9-,21-18-,36-26-,37-27-,47-44-. The van der Waals surface area contributed by atoms with Crippen molar-refractivity contribution in [3.05, 3.63) is 60.8 Å². The zero-order valence-corrected chi connectivity index (χ0v) is 47.2. The molecule has 0 heterocycles. The molecule has 0 N–H and O–H groups in total. The summed E-state index contributed by atoms with van der Waals surface area (Å²) in [5.41, 5.74) is 0. The predicted octanol–water partition coefficient (Wildman–Crippen LogP) is 20.8. The lowest BCUT2D eigenvalue weighted by Crippen LogP contribution is -2.30. The number of rotatable bonds is 56. The van der Waals surface area contributed by atoms with Crippen molar-refractivity contribution >= 4 is 17.9 Å². The molecule has 0 fully saturated rings. The van der Waals surface area contributed by atoms with Crippen LogP contribution in [-0.2, 0) is 28.6 Å². The van der Waals surface area contributed by atoms with Crippen LogP contribution < -0.4 is 0 Å². The third-order valence-corrected chi connectivity index (χ3v) is 13.5. The normalized spacial score (nSPS) is 12.4. The van der Waals surface area contributed by atoms with Crippen LogP contribution in [0.25, 0.3) is 0 Å². The summed E-state index contributed by atoms with van der Waals surface area (Å²) < 4.78 is 16.9. The van der Waals surface area contributed by atoms with Crippen LogP contribution in [0, 0.1) is 0 Å². The third-order valence-electron chi connectivity index (χ3n) is 13.5. The van der Waals surface area contributed by atoms with Crippen molar-refractivity contribution in [3.63, 3.8) is 0 Å². The summed E-state index contributed by atoms with van der Waals surface area (Å²) in [5.74, 6) is -0.927. The Balaban J connectivity index is 4.33. The highest BCUT2D eigenvalue weighted by Gasteiger charge is 2.19. The first-order valence-electron chi connectivity index (χ1n) is 30.8. The molecule has 0 aromatic carbocycles. The largest absolute Gasteiger partial charge is 0.462 e. The van der Waals surface area contributed by atoms with E-state index in [1.807, 2.05) is 0 Å². The molecule has 0 radical (unpaired) electrons. The van der Waals surface area contributed by atoms with Crippen molar-refractivity contribution < 1.29 is 28.6 Å². The lowest BCUT2D eigenvalue weighted by atomic mass is 10.0. The molecule has 0 saturated carbocycles. The topological polar surface area (TPSA) is 78.9 Å². The average molecular weight is 994 g/mol. The number of hydrogen-bond donors (Lipinski definition) is 0. The minimum absolute atomic E-state index is 0.0907. The van der Waals surface area contributed by atoms with E-state index in [4.69, 9.17) is 14.2 Å². The fourth-order valence-electron chi connectivity index (χ4n) is 8.90. The number of unbranched alkanes of at least 4 members (excludes halogenated alkanes) is 35. The van der Waals surface area contributed by atoms with Crippen molar-refractivity contribution in [1.82, 2.24) is 0 Å². The molecule has 0 spiro atoms. The van der Waals surface area contributed by atoms with Gasteiger partial charge in [0.05, 0.1) is 0 Å². The molecule has 0 saturated heterocycles. The highest BCUT2D eigenvalue weighted by molar-refractivity contribution is 5.71. The molecule has 71 heavy (non-hydrogen) atoms.